The van der Waals surface area contributed by atoms with Gasteiger partial charge in [-0.3, -0.25) is 9.69 Å². The number of hydrogen-bond donors (Lipinski definition) is 1. The molecule has 1 N–H and O–H groups in total. The van der Waals surface area contributed by atoms with Gasteiger partial charge in [0.2, 0.25) is 0 Å². The van der Waals surface area contributed by atoms with Crippen molar-refractivity contribution in [1.29, 1.82) is 0 Å². The standard InChI is InChI=1S/C20H20N2O4S/c1-3-24-17-9-13-7-12(2)26-18(13)10-14(17)8-16-19(23)22(20(27)21-16)11-15-5-4-6-25-15/h4-6,8-10,12H,3,7,11H2,1-2H3,(H,21,27)/b16-8-/t12-/m1/s1. The molecule has 0 aliphatic carbocycles. The van der Waals surface area contributed by atoms with Crippen molar-refractivity contribution in [3.05, 3.63) is 53.1 Å². The second-order valence-corrected chi connectivity index (χ2v) is 6.91. The predicted octanol–water partition coefficient (Wildman–Crippen LogP) is 3.26. The van der Waals surface area contributed by atoms with Crippen molar-refractivity contribution in [3.8, 4) is 11.5 Å². The van der Waals surface area contributed by atoms with E-state index in [0.29, 0.717) is 23.2 Å². The number of fused-ring (bicyclic) bond motifs is 1. The van der Waals surface area contributed by atoms with E-state index in [-0.39, 0.29) is 18.6 Å². The number of ether oxygens (including phenoxy) is 2. The molecular formula is C20H20N2O4S. The van der Waals surface area contributed by atoms with E-state index in [0.717, 1.165) is 29.0 Å². The highest BCUT2D eigenvalue weighted by Crippen LogP contribution is 2.36. The fourth-order valence-corrected chi connectivity index (χ4v) is 3.53. The zero-order valence-electron chi connectivity index (χ0n) is 15.2. The highest BCUT2D eigenvalue weighted by molar-refractivity contribution is 7.80. The van der Waals surface area contributed by atoms with Crippen LogP contribution in [0, 0.1) is 0 Å². The quantitative estimate of drug-likeness (QED) is 0.631. The number of carbonyl (C=O) groups excluding carboxylic acids is 1. The minimum atomic E-state index is -0.200. The van der Waals surface area contributed by atoms with Crippen molar-refractivity contribution >= 4 is 29.3 Å². The number of hydrogen-bond acceptors (Lipinski definition) is 5. The fourth-order valence-electron chi connectivity index (χ4n) is 3.28. The summed E-state index contributed by atoms with van der Waals surface area (Å²) in [7, 11) is 0. The normalized spacial score (nSPS) is 20.0. The average molecular weight is 384 g/mol. The monoisotopic (exact) mass is 384 g/mol. The van der Waals surface area contributed by atoms with Gasteiger partial charge >= 0.3 is 0 Å². The lowest BCUT2D eigenvalue weighted by Crippen LogP contribution is -2.29. The number of rotatable bonds is 5. The van der Waals surface area contributed by atoms with Gasteiger partial charge in [-0.15, -0.1) is 0 Å². The molecule has 0 unspecified atom stereocenters. The Balaban J connectivity index is 1.64. The van der Waals surface area contributed by atoms with Crippen LogP contribution in [0.4, 0.5) is 0 Å². The Kier molecular flexibility index (Phi) is 4.61. The number of nitrogens with one attached hydrogen (secondary N) is 1. The lowest BCUT2D eigenvalue weighted by atomic mass is 10.1. The van der Waals surface area contributed by atoms with E-state index in [2.05, 4.69) is 5.32 Å². The summed E-state index contributed by atoms with van der Waals surface area (Å²) in [6.45, 7) is 4.79. The Labute approximate surface area is 162 Å². The third-order valence-electron chi connectivity index (χ3n) is 4.48. The lowest BCUT2D eigenvalue weighted by molar-refractivity contribution is -0.122. The first-order valence-corrected chi connectivity index (χ1v) is 9.29. The summed E-state index contributed by atoms with van der Waals surface area (Å²) in [5.41, 5.74) is 2.30. The molecule has 4 rings (SSSR count). The van der Waals surface area contributed by atoms with Crippen molar-refractivity contribution in [2.75, 3.05) is 6.61 Å². The molecule has 3 heterocycles. The minimum Gasteiger partial charge on any atom is -0.493 e. The molecule has 1 saturated heterocycles. The molecule has 2 aliphatic rings. The number of amides is 1. The Morgan fingerprint density at radius 1 is 1.44 bits per heavy atom. The molecule has 2 aromatic rings. The molecule has 0 bridgehead atoms. The average Bonchev–Trinajstić information content (AvgIpc) is 3.32. The van der Waals surface area contributed by atoms with E-state index in [1.54, 1.807) is 18.4 Å². The maximum absolute atomic E-state index is 12.8. The van der Waals surface area contributed by atoms with Crippen LogP contribution in [0.5, 0.6) is 11.5 Å². The van der Waals surface area contributed by atoms with Crippen LogP contribution < -0.4 is 14.8 Å². The molecule has 6 nitrogen and oxygen atoms in total. The number of carbonyl (C=O) groups is 1. The molecule has 1 atom stereocenters. The van der Waals surface area contributed by atoms with Crippen LogP contribution in [-0.4, -0.2) is 28.6 Å². The van der Waals surface area contributed by atoms with Gasteiger partial charge in [-0.1, -0.05) is 0 Å². The van der Waals surface area contributed by atoms with Gasteiger partial charge in [-0.2, -0.15) is 0 Å². The van der Waals surface area contributed by atoms with Crippen LogP contribution >= 0.6 is 12.2 Å². The summed E-state index contributed by atoms with van der Waals surface area (Å²) >= 11 is 5.32. The molecule has 1 fully saturated rings. The lowest BCUT2D eigenvalue weighted by Gasteiger charge is -2.12. The minimum absolute atomic E-state index is 0.139. The predicted molar refractivity (Wildman–Crippen MR) is 104 cm³/mol. The maximum atomic E-state index is 12.8. The summed E-state index contributed by atoms with van der Waals surface area (Å²) in [6.07, 6.45) is 4.32. The summed E-state index contributed by atoms with van der Waals surface area (Å²) in [5, 5.41) is 3.34. The number of benzene rings is 1. The molecular weight excluding hydrogens is 364 g/mol. The van der Waals surface area contributed by atoms with Crippen LogP contribution in [0.3, 0.4) is 0 Å². The van der Waals surface area contributed by atoms with Crippen molar-refractivity contribution < 1.29 is 18.7 Å². The zero-order valence-corrected chi connectivity index (χ0v) is 16.0. The second-order valence-electron chi connectivity index (χ2n) is 6.52. The first-order valence-electron chi connectivity index (χ1n) is 8.88. The van der Waals surface area contributed by atoms with E-state index in [1.807, 2.05) is 32.0 Å². The molecule has 1 aromatic carbocycles. The highest BCUT2D eigenvalue weighted by Gasteiger charge is 2.32. The van der Waals surface area contributed by atoms with E-state index in [4.69, 9.17) is 26.1 Å². The van der Waals surface area contributed by atoms with Gasteiger partial charge in [0.1, 0.15) is 29.1 Å². The van der Waals surface area contributed by atoms with Crippen LogP contribution in [0.1, 0.15) is 30.7 Å². The summed E-state index contributed by atoms with van der Waals surface area (Å²) in [4.78, 5) is 14.3. The van der Waals surface area contributed by atoms with E-state index in [9.17, 15) is 4.79 Å². The topological polar surface area (TPSA) is 63.9 Å². The molecule has 1 aromatic heterocycles. The third-order valence-corrected chi connectivity index (χ3v) is 4.81. The van der Waals surface area contributed by atoms with E-state index < -0.39 is 0 Å². The van der Waals surface area contributed by atoms with Crippen LogP contribution in [0.2, 0.25) is 0 Å². The molecule has 27 heavy (non-hydrogen) atoms. The van der Waals surface area contributed by atoms with Crippen LogP contribution in [0.15, 0.2) is 40.6 Å². The molecule has 1 amide bonds. The largest absolute Gasteiger partial charge is 0.493 e. The number of nitrogens with zero attached hydrogens (tertiary/aromatic N) is 1. The van der Waals surface area contributed by atoms with Crippen LogP contribution in [-0.2, 0) is 17.8 Å². The molecule has 0 radical (unpaired) electrons. The zero-order chi connectivity index (χ0) is 19.0. The van der Waals surface area contributed by atoms with E-state index in [1.165, 1.54) is 4.90 Å². The maximum Gasteiger partial charge on any atom is 0.276 e. The van der Waals surface area contributed by atoms with Crippen LogP contribution in [0.25, 0.3) is 6.08 Å². The molecule has 140 valence electrons. The Hall–Kier alpha value is -2.80. The SMILES string of the molecule is CCOc1cc2c(cc1/C=C1\NC(=S)N(Cc3ccco3)C1=O)O[C@H](C)C2. The smallest absolute Gasteiger partial charge is 0.276 e. The second kappa shape index (κ2) is 7.08. The van der Waals surface area contributed by atoms with Gasteiger partial charge in [-0.05, 0) is 56.4 Å². The van der Waals surface area contributed by atoms with Gasteiger partial charge in [0.05, 0.1) is 19.4 Å². The Morgan fingerprint density at radius 3 is 3.04 bits per heavy atom. The Bertz CT molecular complexity index is 920. The molecule has 2 aliphatic heterocycles. The van der Waals surface area contributed by atoms with E-state index >= 15 is 0 Å². The molecule has 0 spiro atoms. The number of thiocarbonyl (C=S) groups is 1. The summed E-state index contributed by atoms with van der Waals surface area (Å²) < 4.78 is 16.9. The first kappa shape index (κ1) is 17.6. The first-order chi connectivity index (χ1) is 13.0. The van der Waals surface area contributed by atoms with Gasteiger partial charge in [-0.25, -0.2) is 0 Å². The summed E-state index contributed by atoms with van der Waals surface area (Å²) in [5.74, 6) is 2.03. The van der Waals surface area contributed by atoms with Gasteiger partial charge < -0.3 is 19.2 Å². The summed E-state index contributed by atoms with van der Waals surface area (Å²) in [6, 6.07) is 7.50. The van der Waals surface area contributed by atoms with Crippen molar-refractivity contribution in [3.63, 3.8) is 0 Å². The van der Waals surface area contributed by atoms with Crippen molar-refractivity contribution in [2.24, 2.45) is 0 Å². The highest BCUT2D eigenvalue weighted by atomic mass is 32.1. The molecule has 0 saturated carbocycles. The van der Waals surface area contributed by atoms with Crippen molar-refractivity contribution in [1.82, 2.24) is 10.2 Å². The van der Waals surface area contributed by atoms with Crippen molar-refractivity contribution in [2.45, 2.75) is 32.9 Å². The third kappa shape index (κ3) is 3.42. The van der Waals surface area contributed by atoms with Gasteiger partial charge in [0, 0.05) is 17.5 Å². The van der Waals surface area contributed by atoms with Gasteiger partial charge in [0.25, 0.3) is 5.91 Å². The molecule has 7 heteroatoms. The Morgan fingerprint density at radius 2 is 2.30 bits per heavy atom. The number of furan rings is 1. The fraction of sp³-hybridized carbons (Fsp3) is 0.300. The van der Waals surface area contributed by atoms with Gasteiger partial charge in [0.15, 0.2) is 5.11 Å².